The second-order valence-electron chi connectivity index (χ2n) is 6.55. The number of carbonyl (C=O) groups excluding carboxylic acids is 3. The lowest BCUT2D eigenvalue weighted by molar-refractivity contribution is -0.920. The van der Waals surface area contributed by atoms with Gasteiger partial charge in [0.1, 0.15) is 26.2 Å². The first-order valence-electron chi connectivity index (χ1n) is 8.90. The predicted molar refractivity (Wildman–Crippen MR) is 91.9 cm³/mol. The first kappa shape index (κ1) is 18.5. The summed E-state index contributed by atoms with van der Waals surface area (Å²) in [5.41, 5.74) is 0.870. The van der Waals surface area contributed by atoms with E-state index in [4.69, 9.17) is 4.74 Å². The number of quaternary nitrogens is 2. The van der Waals surface area contributed by atoms with Crippen LogP contribution in [0.25, 0.3) is 0 Å². The molecule has 0 radical (unpaired) electrons. The molecule has 0 aliphatic carbocycles. The molecule has 2 fully saturated rings. The van der Waals surface area contributed by atoms with Gasteiger partial charge in [-0.2, -0.15) is 0 Å². The summed E-state index contributed by atoms with van der Waals surface area (Å²) in [5, 5.41) is 1.96. The molecule has 0 bridgehead atoms. The molecule has 3 rings (SSSR count). The molecule has 0 saturated carbocycles. The van der Waals surface area contributed by atoms with Crippen LogP contribution in [0, 0.1) is 0 Å². The van der Waals surface area contributed by atoms with Crippen LogP contribution in [-0.4, -0.2) is 70.3 Å². The minimum Gasteiger partial charge on any atom is -0.465 e. The van der Waals surface area contributed by atoms with Gasteiger partial charge in [0.2, 0.25) is 5.91 Å². The van der Waals surface area contributed by atoms with Crippen LogP contribution in [0.2, 0.25) is 0 Å². The summed E-state index contributed by atoms with van der Waals surface area (Å²) in [6.07, 6.45) is 0.204. The van der Waals surface area contributed by atoms with E-state index in [2.05, 4.69) is 4.74 Å². The van der Waals surface area contributed by atoms with E-state index in [9.17, 15) is 14.4 Å². The molecule has 2 heterocycles. The Morgan fingerprint density at radius 1 is 1.27 bits per heavy atom. The van der Waals surface area contributed by atoms with Crippen LogP contribution in [0.15, 0.2) is 24.3 Å². The number of nitrogens with one attached hydrogen (secondary N) is 1. The van der Waals surface area contributed by atoms with Crippen molar-refractivity contribution < 1.29 is 34.1 Å². The number of ether oxygens (including phenoxy) is 2. The van der Waals surface area contributed by atoms with Gasteiger partial charge >= 0.3 is 5.97 Å². The number of imide groups is 1. The zero-order chi connectivity index (χ0) is 18.5. The zero-order valence-corrected chi connectivity index (χ0v) is 14.9. The normalized spacial score (nSPS) is 21.3. The average Bonchev–Trinajstić information content (AvgIpc) is 2.95. The summed E-state index contributed by atoms with van der Waals surface area (Å²) in [4.78, 5) is 39.1. The topological polar surface area (TPSA) is 94.0 Å². The van der Waals surface area contributed by atoms with E-state index in [0.29, 0.717) is 11.3 Å². The molecule has 1 aromatic rings. The van der Waals surface area contributed by atoms with Gasteiger partial charge in [0.25, 0.3) is 5.91 Å². The summed E-state index contributed by atoms with van der Waals surface area (Å²) < 4.78 is 9.99. The fourth-order valence-electron chi connectivity index (χ4n) is 3.37. The highest BCUT2D eigenvalue weighted by molar-refractivity contribution is 6.21. The van der Waals surface area contributed by atoms with Gasteiger partial charge in [0.15, 0.2) is 6.04 Å². The third-order valence-electron chi connectivity index (χ3n) is 4.88. The fourth-order valence-corrected chi connectivity index (χ4v) is 3.37. The van der Waals surface area contributed by atoms with Crippen LogP contribution >= 0.6 is 0 Å². The lowest BCUT2D eigenvalue weighted by atomic mass is 10.2. The molecule has 3 N–H and O–H groups in total. The molecule has 2 saturated heterocycles. The number of morpholine rings is 1. The van der Waals surface area contributed by atoms with E-state index in [0.717, 1.165) is 39.4 Å². The third kappa shape index (κ3) is 4.09. The number of hydrogen-bond donors (Lipinski definition) is 2. The molecule has 1 aromatic carbocycles. The largest absolute Gasteiger partial charge is 0.465 e. The molecule has 2 aliphatic rings. The van der Waals surface area contributed by atoms with Crippen LogP contribution in [0.1, 0.15) is 16.8 Å². The molecule has 26 heavy (non-hydrogen) atoms. The lowest BCUT2D eigenvalue weighted by Crippen LogP contribution is -3.16. The second kappa shape index (κ2) is 8.39. The van der Waals surface area contributed by atoms with Crippen molar-refractivity contribution in [3.63, 3.8) is 0 Å². The molecule has 8 heteroatoms. The molecule has 0 unspecified atom stereocenters. The van der Waals surface area contributed by atoms with Crippen LogP contribution < -0.4 is 15.1 Å². The Morgan fingerprint density at radius 3 is 2.62 bits per heavy atom. The van der Waals surface area contributed by atoms with Crippen molar-refractivity contribution in [3.8, 4) is 0 Å². The summed E-state index contributed by atoms with van der Waals surface area (Å²) in [5.74, 6) is -0.856. The minimum absolute atomic E-state index is 0.196. The van der Waals surface area contributed by atoms with Gasteiger partial charge in [-0.15, -0.1) is 0 Å². The molecule has 0 spiro atoms. The van der Waals surface area contributed by atoms with Gasteiger partial charge in [-0.1, -0.05) is 0 Å². The zero-order valence-electron chi connectivity index (χ0n) is 14.9. The van der Waals surface area contributed by atoms with Gasteiger partial charge in [-0.25, -0.2) is 9.69 Å². The average molecular weight is 363 g/mol. The first-order valence-corrected chi connectivity index (χ1v) is 8.90. The van der Waals surface area contributed by atoms with Gasteiger partial charge in [-0.3, -0.25) is 9.59 Å². The number of hydrogen-bond acceptors (Lipinski definition) is 5. The number of nitrogens with zero attached hydrogens (tertiary/aromatic N) is 1. The Balaban J connectivity index is 1.57. The van der Waals surface area contributed by atoms with Crippen molar-refractivity contribution in [2.75, 3.05) is 51.4 Å². The van der Waals surface area contributed by atoms with Gasteiger partial charge in [0.05, 0.1) is 38.0 Å². The Labute approximate surface area is 152 Å². The first-order chi connectivity index (χ1) is 12.6. The number of methoxy groups -OCH3 is 1. The molecule has 1 atom stereocenters. The fraction of sp³-hybridized carbons (Fsp3) is 0.500. The van der Waals surface area contributed by atoms with Crippen molar-refractivity contribution in [1.82, 2.24) is 0 Å². The lowest BCUT2D eigenvalue weighted by Gasteiger charge is -2.23. The monoisotopic (exact) mass is 363 g/mol. The van der Waals surface area contributed by atoms with E-state index in [1.54, 1.807) is 24.3 Å². The van der Waals surface area contributed by atoms with Crippen molar-refractivity contribution in [2.24, 2.45) is 0 Å². The SMILES string of the molecule is COC(=O)c1ccc(N2C(=O)C[C@H]([NH2+]CC[NH+]3CCOCC3)C2=O)cc1. The number of rotatable bonds is 6. The highest BCUT2D eigenvalue weighted by Crippen LogP contribution is 2.22. The Bertz CT molecular complexity index is 670. The van der Waals surface area contributed by atoms with Crippen molar-refractivity contribution in [1.29, 1.82) is 0 Å². The quantitative estimate of drug-likeness (QED) is 0.434. The smallest absolute Gasteiger partial charge is 0.337 e. The van der Waals surface area contributed by atoms with Crippen LogP contribution in [0.5, 0.6) is 0 Å². The van der Waals surface area contributed by atoms with E-state index >= 15 is 0 Å². The van der Waals surface area contributed by atoms with Crippen LogP contribution in [0.3, 0.4) is 0 Å². The van der Waals surface area contributed by atoms with E-state index < -0.39 is 5.97 Å². The Kier molecular flexibility index (Phi) is 5.97. The van der Waals surface area contributed by atoms with E-state index in [1.165, 1.54) is 16.9 Å². The Hall–Kier alpha value is -2.29. The molecule has 8 nitrogen and oxygen atoms in total. The maximum atomic E-state index is 12.6. The van der Waals surface area contributed by atoms with Gasteiger partial charge in [0, 0.05) is 0 Å². The summed E-state index contributed by atoms with van der Waals surface area (Å²) in [6.45, 7) is 5.30. The number of carbonyl (C=O) groups is 3. The van der Waals surface area contributed by atoms with Crippen molar-refractivity contribution in [3.05, 3.63) is 29.8 Å². The maximum Gasteiger partial charge on any atom is 0.337 e. The highest BCUT2D eigenvalue weighted by atomic mass is 16.5. The highest BCUT2D eigenvalue weighted by Gasteiger charge is 2.42. The minimum atomic E-state index is -0.451. The van der Waals surface area contributed by atoms with Crippen molar-refractivity contribution in [2.45, 2.75) is 12.5 Å². The number of nitrogens with two attached hydrogens (primary N) is 1. The second-order valence-corrected chi connectivity index (χ2v) is 6.55. The van der Waals surface area contributed by atoms with Gasteiger partial charge < -0.3 is 19.7 Å². The predicted octanol–water partition coefficient (Wildman–Crippen LogP) is -2.42. The molecular weight excluding hydrogens is 338 g/mol. The summed E-state index contributed by atoms with van der Waals surface area (Å²) in [7, 11) is 1.31. The van der Waals surface area contributed by atoms with Crippen LogP contribution in [0.4, 0.5) is 5.69 Å². The molecule has 2 aliphatic heterocycles. The number of esters is 1. The molecule has 140 valence electrons. The number of anilines is 1. The summed E-state index contributed by atoms with van der Waals surface area (Å²) >= 11 is 0. The molecule has 2 amide bonds. The van der Waals surface area contributed by atoms with Crippen molar-refractivity contribution >= 4 is 23.5 Å². The number of amides is 2. The molecular formula is C18H25N3O5+2. The van der Waals surface area contributed by atoms with E-state index in [1.807, 2.05) is 5.32 Å². The standard InChI is InChI=1S/C18H23N3O5/c1-25-18(24)13-2-4-14(5-3-13)21-16(22)12-15(17(21)23)19-6-7-20-8-10-26-11-9-20/h2-5,15,19H,6-12H2,1H3/p+2/t15-/m0/s1. The van der Waals surface area contributed by atoms with E-state index in [-0.39, 0.29) is 24.3 Å². The van der Waals surface area contributed by atoms with Gasteiger partial charge in [-0.05, 0) is 24.3 Å². The number of benzene rings is 1. The van der Waals surface area contributed by atoms with Crippen LogP contribution in [-0.2, 0) is 19.1 Å². The third-order valence-corrected chi connectivity index (χ3v) is 4.88. The summed E-state index contributed by atoms with van der Waals surface area (Å²) in [6, 6.07) is 5.94. The Morgan fingerprint density at radius 2 is 1.96 bits per heavy atom. The molecule has 0 aromatic heterocycles. The maximum absolute atomic E-state index is 12.6.